The van der Waals surface area contributed by atoms with Crippen molar-refractivity contribution in [2.45, 2.75) is 57.3 Å². The van der Waals surface area contributed by atoms with Crippen molar-refractivity contribution in [2.75, 3.05) is 6.61 Å². The summed E-state index contributed by atoms with van der Waals surface area (Å²) >= 11 is 0. The summed E-state index contributed by atoms with van der Waals surface area (Å²) in [7, 11) is 0. The molecule has 0 saturated carbocycles. The van der Waals surface area contributed by atoms with E-state index >= 15 is 0 Å². The Labute approximate surface area is 207 Å². The van der Waals surface area contributed by atoms with Crippen LogP contribution in [-0.2, 0) is 38.8 Å². The normalized spacial score (nSPS) is 24.2. The lowest BCUT2D eigenvalue weighted by atomic mass is 9.91. The molecule has 5 heteroatoms. The van der Waals surface area contributed by atoms with Gasteiger partial charge in [0, 0.05) is 0 Å². The molecule has 5 nitrogen and oxygen atoms in total. The van der Waals surface area contributed by atoms with E-state index in [1.54, 1.807) is 0 Å². The molecule has 1 aliphatic heterocycles. The van der Waals surface area contributed by atoms with Crippen LogP contribution in [0.25, 0.3) is 0 Å². The van der Waals surface area contributed by atoms with Gasteiger partial charge in [-0.1, -0.05) is 97.6 Å². The first-order chi connectivity index (χ1) is 17.1. The summed E-state index contributed by atoms with van der Waals surface area (Å²) in [6.45, 7) is 7.39. The van der Waals surface area contributed by atoms with Crippen molar-refractivity contribution in [1.82, 2.24) is 0 Å². The summed E-state index contributed by atoms with van der Waals surface area (Å²) in [5, 5.41) is 11.2. The van der Waals surface area contributed by atoms with Crippen LogP contribution in [0.1, 0.15) is 23.6 Å². The topological polar surface area (TPSA) is 57.2 Å². The Bertz CT molecular complexity index is 1020. The first-order valence-corrected chi connectivity index (χ1v) is 12.0. The highest BCUT2D eigenvalue weighted by molar-refractivity contribution is 5.16. The van der Waals surface area contributed by atoms with Crippen LogP contribution in [0.4, 0.5) is 0 Å². The fourth-order valence-corrected chi connectivity index (χ4v) is 4.26. The van der Waals surface area contributed by atoms with Gasteiger partial charge in [0.05, 0.1) is 26.4 Å². The Kier molecular flexibility index (Phi) is 9.23. The number of rotatable bonds is 11. The minimum Gasteiger partial charge on any atom is -0.387 e. The molecule has 1 aliphatic rings. The van der Waals surface area contributed by atoms with Crippen LogP contribution in [-0.4, -0.2) is 42.2 Å². The van der Waals surface area contributed by atoms with E-state index in [-0.39, 0.29) is 0 Å². The van der Waals surface area contributed by atoms with Crippen molar-refractivity contribution in [1.29, 1.82) is 0 Å². The second-order valence-electron chi connectivity index (χ2n) is 8.96. The molecule has 0 aromatic heterocycles. The van der Waals surface area contributed by atoms with E-state index in [1.165, 1.54) is 0 Å². The molecule has 0 radical (unpaired) electrons. The molecule has 1 fully saturated rings. The summed E-state index contributed by atoms with van der Waals surface area (Å²) in [6, 6.07) is 29.9. The van der Waals surface area contributed by atoms with E-state index in [0.717, 1.165) is 22.3 Å². The lowest BCUT2D eigenvalue weighted by Gasteiger charge is -2.44. The smallest absolute Gasteiger partial charge is 0.115 e. The first-order valence-electron chi connectivity index (χ1n) is 12.0. The van der Waals surface area contributed by atoms with E-state index in [2.05, 4.69) is 6.58 Å². The van der Waals surface area contributed by atoms with Gasteiger partial charge in [-0.3, -0.25) is 0 Å². The third kappa shape index (κ3) is 7.10. The molecule has 1 N–H and O–H groups in total. The molecule has 1 saturated heterocycles. The van der Waals surface area contributed by atoms with Gasteiger partial charge in [0.2, 0.25) is 0 Å². The maximum absolute atomic E-state index is 11.2. The van der Waals surface area contributed by atoms with Gasteiger partial charge in [0.25, 0.3) is 0 Å². The monoisotopic (exact) mass is 474 g/mol. The molecule has 0 spiro atoms. The van der Waals surface area contributed by atoms with Gasteiger partial charge in [0.1, 0.15) is 30.5 Å². The van der Waals surface area contributed by atoms with Crippen molar-refractivity contribution in [3.8, 4) is 0 Å². The SMILES string of the molecule is C=C(C)[C@@H]1O[C@H](COCc2ccccc2)[C@@H](OCc2ccccc2)[C@H](OCc2ccccc2)[C@H]1O. The molecule has 0 bridgehead atoms. The highest BCUT2D eigenvalue weighted by atomic mass is 16.6. The Morgan fingerprint density at radius 2 is 1.20 bits per heavy atom. The molecular formula is C30H34O5. The molecule has 0 aliphatic carbocycles. The van der Waals surface area contributed by atoms with Crippen molar-refractivity contribution in [2.24, 2.45) is 0 Å². The third-order valence-corrected chi connectivity index (χ3v) is 6.11. The number of benzene rings is 3. The second-order valence-corrected chi connectivity index (χ2v) is 8.96. The average Bonchev–Trinajstić information content (AvgIpc) is 2.89. The Balaban J connectivity index is 1.52. The van der Waals surface area contributed by atoms with Gasteiger partial charge in [-0.25, -0.2) is 0 Å². The van der Waals surface area contributed by atoms with Gasteiger partial charge in [-0.15, -0.1) is 0 Å². The molecule has 1 heterocycles. The van der Waals surface area contributed by atoms with E-state index in [0.29, 0.717) is 26.4 Å². The van der Waals surface area contributed by atoms with Crippen LogP contribution >= 0.6 is 0 Å². The zero-order valence-corrected chi connectivity index (χ0v) is 20.2. The lowest BCUT2D eigenvalue weighted by molar-refractivity contribution is -0.253. The first kappa shape index (κ1) is 25.3. The van der Waals surface area contributed by atoms with Gasteiger partial charge < -0.3 is 24.1 Å². The predicted molar refractivity (Wildman–Crippen MR) is 136 cm³/mol. The molecular weight excluding hydrogens is 440 g/mol. The van der Waals surface area contributed by atoms with Crippen LogP contribution in [0.3, 0.4) is 0 Å². The lowest BCUT2D eigenvalue weighted by Crippen LogP contribution is -2.60. The molecule has 5 atom stereocenters. The van der Waals surface area contributed by atoms with Crippen LogP contribution in [0.15, 0.2) is 103 Å². The fraction of sp³-hybridized carbons (Fsp3) is 0.333. The zero-order valence-electron chi connectivity index (χ0n) is 20.2. The van der Waals surface area contributed by atoms with Crippen molar-refractivity contribution < 1.29 is 24.1 Å². The van der Waals surface area contributed by atoms with Crippen LogP contribution < -0.4 is 0 Å². The zero-order chi connectivity index (χ0) is 24.5. The number of hydrogen-bond donors (Lipinski definition) is 1. The van der Waals surface area contributed by atoms with Crippen LogP contribution in [0, 0.1) is 0 Å². The molecule has 4 rings (SSSR count). The van der Waals surface area contributed by atoms with Crippen molar-refractivity contribution in [3.63, 3.8) is 0 Å². The quantitative estimate of drug-likeness (QED) is 0.393. The van der Waals surface area contributed by atoms with Gasteiger partial charge in [-0.05, 0) is 29.2 Å². The summed E-state index contributed by atoms with van der Waals surface area (Å²) in [5.41, 5.74) is 3.88. The summed E-state index contributed by atoms with van der Waals surface area (Å²) in [5.74, 6) is 0. The number of hydrogen-bond acceptors (Lipinski definition) is 5. The Morgan fingerprint density at radius 3 is 1.69 bits per heavy atom. The summed E-state index contributed by atoms with van der Waals surface area (Å²) < 4.78 is 25.0. The molecule has 0 unspecified atom stereocenters. The van der Waals surface area contributed by atoms with Gasteiger partial charge in [0.15, 0.2) is 0 Å². The van der Waals surface area contributed by atoms with Crippen molar-refractivity contribution in [3.05, 3.63) is 120 Å². The Hall–Kier alpha value is -2.80. The maximum atomic E-state index is 11.2. The third-order valence-electron chi connectivity index (χ3n) is 6.11. The van der Waals surface area contributed by atoms with E-state index < -0.39 is 30.5 Å². The van der Waals surface area contributed by atoms with E-state index in [1.807, 2.05) is 97.9 Å². The highest BCUT2D eigenvalue weighted by Crippen LogP contribution is 2.31. The average molecular weight is 475 g/mol. The van der Waals surface area contributed by atoms with Crippen molar-refractivity contribution >= 4 is 0 Å². The molecule has 35 heavy (non-hydrogen) atoms. The minimum absolute atomic E-state index is 0.302. The molecule has 0 amide bonds. The summed E-state index contributed by atoms with van der Waals surface area (Å²) in [4.78, 5) is 0. The number of ether oxygens (including phenoxy) is 4. The minimum atomic E-state index is -0.914. The molecule has 3 aromatic carbocycles. The summed E-state index contributed by atoms with van der Waals surface area (Å²) in [6.07, 6.45) is -3.06. The van der Waals surface area contributed by atoms with Crippen LogP contribution in [0.2, 0.25) is 0 Å². The largest absolute Gasteiger partial charge is 0.387 e. The van der Waals surface area contributed by atoms with Gasteiger partial charge in [-0.2, -0.15) is 0 Å². The highest BCUT2D eigenvalue weighted by Gasteiger charge is 2.47. The predicted octanol–water partition coefficient (Wildman–Crippen LogP) is 5.08. The number of aliphatic hydroxyl groups is 1. The molecule has 3 aromatic rings. The van der Waals surface area contributed by atoms with E-state index in [9.17, 15) is 5.11 Å². The van der Waals surface area contributed by atoms with Gasteiger partial charge >= 0.3 is 0 Å². The Morgan fingerprint density at radius 1 is 0.743 bits per heavy atom. The van der Waals surface area contributed by atoms with Crippen LogP contribution in [0.5, 0.6) is 0 Å². The maximum Gasteiger partial charge on any atom is 0.115 e. The van der Waals surface area contributed by atoms with E-state index in [4.69, 9.17) is 18.9 Å². The standard InChI is InChI=1S/C30H34O5/c1-22(2)28-27(31)30(34-20-25-16-10-5-11-17-25)29(33-19-24-14-8-4-9-15-24)26(35-28)21-32-18-23-12-6-3-7-13-23/h3-17,26-31H,1,18-21H2,2H3/t26-,27+,28+,29-,30-/m1/s1. The fourth-order valence-electron chi connectivity index (χ4n) is 4.26. The second kappa shape index (κ2) is 12.8. The molecule has 184 valence electrons. The number of aliphatic hydroxyl groups excluding tert-OH is 1.